The fraction of sp³-hybridized carbons (Fsp3) is 0.300. The summed E-state index contributed by atoms with van der Waals surface area (Å²) in [5, 5.41) is 11.6. The summed E-state index contributed by atoms with van der Waals surface area (Å²) in [6.45, 7) is 6.43. The fourth-order valence-electron chi connectivity index (χ4n) is 0.934. The second-order valence-corrected chi connectivity index (χ2v) is 3.23. The average Bonchev–Trinajstić information content (AvgIpc) is 2.18. The molecule has 0 radical (unpaired) electrons. The minimum absolute atomic E-state index is 0.0551. The van der Waals surface area contributed by atoms with Crippen molar-refractivity contribution in [2.75, 3.05) is 11.9 Å². The number of nitrogens with zero attached hydrogens (tertiary/aromatic N) is 2. The number of aromatic carboxylic acids is 1. The van der Waals surface area contributed by atoms with Crippen LogP contribution in [0.1, 0.15) is 23.8 Å². The van der Waals surface area contributed by atoms with Crippen LogP contribution in [0.15, 0.2) is 24.5 Å². The molecule has 0 aliphatic carbocycles. The average molecular weight is 207 g/mol. The number of hydrogen-bond acceptors (Lipinski definition) is 4. The van der Waals surface area contributed by atoms with Gasteiger partial charge in [0, 0.05) is 6.54 Å². The zero-order valence-corrected chi connectivity index (χ0v) is 8.53. The summed E-state index contributed by atoms with van der Waals surface area (Å²) in [4.78, 5) is 18.1. The zero-order valence-electron chi connectivity index (χ0n) is 8.53. The second kappa shape index (κ2) is 5.09. The number of hydrogen-bond donors (Lipinski definition) is 2. The summed E-state index contributed by atoms with van der Waals surface area (Å²) in [5.41, 5.74) is 1.03. The van der Waals surface area contributed by atoms with Crippen molar-refractivity contribution in [2.45, 2.75) is 13.3 Å². The summed E-state index contributed by atoms with van der Waals surface area (Å²) >= 11 is 0. The lowest BCUT2D eigenvalue weighted by atomic mass is 10.2. The van der Waals surface area contributed by atoms with E-state index >= 15 is 0 Å². The van der Waals surface area contributed by atoms with Crippen LogP contribution in [0.5, 0.6) is 0 Å². The van der Waals surface area contributed by atoms with Gasteiger partial charge in [-0.2, -0.15) is 0 Å². The number of nitrogens with one attached hydrogen (secondary N) is 1. The summed E-state index contributed by atoms with van der Waals surface area (Å²) in [5.74, 6) is -0.503. The maximum atomic E-state index is 10.5. The van der Waals surface area contributed by atoms with Gasteiger partial charge in [-0.25, -0.2) is 14.8 Å². The zero-order chi connectivity index (χ0) is 11.3. The molecule has 0 amide bonds. The third-order valence-corrected chi connectivity index (χ3v) is 1.73. The van der Waals surface area contributed by atoms with E-state index in [0.29, 0.717) is 5.82 Å². The highest BCUT2D eigenvalue weighted by Crippen LogP contribution is 2.02. The first kappa shape index (κ1) is 11.2. The minimum atomic E-state index is -1.07. The number of aromatic nitrogens is 2. The van der Waals surface area contributed by atoms with E-state index < -0.39 is 5.97 Å². The first-order chi connectivity index (χ1) is 7.09. The van der Waals surface area contributed by atoms with Crippen LogP contribution < -0.4 is 5.32 Å². The van der Waals surface area contributed by atoms with Crippen molar-refractivity contribution < 1.29 is 9.90 Å². The smallest absolute Gasteiger partial charge is 0.356 e. The number of carboxylic acid groups (broad SMARTS) is 1. The van der Waals surface area contributed by atoms with Gasteiger partial charge in [0.15, 0.2) is 5.69 Å². The first-order valence-electron chi connectivity index (χ1n) is 4.53. The third-order valence-electron chi connectivity index (χ3n) is 1.73. The van der Waals surface area contributed by atoms with Crippen molar-refractivity contribution in [3.63, 3.8) is 0 Å². The monoisotopic (exact) mass is 207 g/mol. The van der Waals surface area contributed by atoms with Crippen molar-refractivity contribution >= 4 is 11.8 Å². The van der Waals surface area contributed by atoms with E-state index in [0.717, 1.165) is 18.5 Å². The molecule has 0 fully saturated rings. The SMILES string of the molecule is C=C(C)CCNc1cnc(C(=O)O)cn1. The topological polar surface area (TPSA) is 75.1 Å². The van der Waals surface area contributed by atoms with Crippen LogP contribution in [0.3, 0.4) is 0 Å². The van der Waals surface area contributed by atoms with Gasteiger partial charge in [0.05, 0.1) is 12.4 Å². The predicted molar refractivity (Wildman–Crippen MR) is 56.9 cm³/mol. The van der Waals surface area contributed by atoms with Crippen molar-refractivity contribution in [2.24, 2.45) is 0 Å². The van der Waals surface area contributed by atoms with Gasteiger partial charge in [-0.3, -0.25) is 0 Å². The molecule has 5 nitrogen and oxygen atoms in total. The standard InChI is InChI=1S/C10H13N3O2/c1-7(2)3-4-11-9-6-12-8(5-13-9)10(14)15/h5-6H,1,3-4H2,2H3,(H,11,13)(H,14,15). The quantitative estimate of drug-likeness (QED) is 0.716. The molecule has 0 atom stereocenters. The van der Waals surface area contributed by atoms with Gasteiger partial charge in [-0.05, 0) is 13.3 Å². The van der Waals surface area contributed by atoms with E-state index in [4.69, 9.17) is 5.11 Å². The Morgan fingerprint density at radius 3 is 2.73 bits per heavy atom. The van der Waals surface area contributed by atoms with Crippen LogP contribution in [0.4, 0.5) is 5.82 Å². The summed E-state index contributed by atoms with van der Waals surface area (Å²) in [6.07, 6.45) is 3.48. The molecular weight excluding hydrogens is 194 g/mol. The maximum Gasteiger partial charge on any atom is 0.356 e. The molecule has 1 heterocycles. The van der Waals surface area contributed by atoms with Crippen LogP contribution in [-0.2, 0) is 0 Å². The number of anilines is 1. The number of rotatable bonds is 5. The van der Waals surface area contributed by atoms with E-state index in [9.17, 15) is 4.79 Å². The third kappa shape index (κ3) is 3.76. The van der Waals surface area contributed by atoms with Gasteiger partial charge in [-0.15, -0.1) is 6.58 Å². The Morgan fingerprint density at radius 2 is 2.27 bits per heavy atom. The highest BCUT2D eigenvalue weighted by Gasteiger charge is 2.03. The fourth-order valence-corrected chi connectivity index (χ4v) is 0.934. The van der Waals surface area contributed by atoms with Crippen molar-refractivity contribution in [3.8, 4) is 0 Å². The maximum absolute atomic E-state index is 10.5. The molecule has 0 saturated carbocycles. The van der Waals surface area contributed by atoms with Gasteiger partial charge in [-0.1, -0.05) is 5.57 Å². The van der Waals surface area contributed by atoms with Gasteiger partial charge in [0.25, 0.3) is 0 Å². The Hall–Kier alpha value is -1.91. The van der Waals surface area contributed by atoms with E-state index in [1.165, 1.54) is 12.4 Å². The van der Waals surface area contributed by atoms with Gasteiger partial charge in [0.2, 0.25) is 0 Å². The van der Waals surface area contributed by atoms with Crippen molar-refractivity contribution in [3.05, 3.63) is 30.2 Å². The molecule has 1 rings (SSSR count). The molecule has 0 saturated heterocycles. The van der Waals surface area contributed by atoms with Crippen molar-refractivity contribution in [1.82, 2.24) is 9.97 Å². The van der Waals surface area contributed by atoms with Gasteiger partial charge >= 0.3 is 5.97 Å². The Kier molecular flexibility index (Phi) is 3.79. The Balaban J connectivity index is 2.50. The molecule has 0 unspecified atom stereocenters. The van der Waals surface area contributed by atoms with Crippen LogP contribution in [0.2, 0.25) is 0 Å². The van der Waals surface area contributed by atoms with E-state index in [2.05, 4.69) is 21.9 Å². The molecule has 5 heteroatoms. The number of carboxylic acids is 1. The number of carbonyl (C=O) groups is 1. The predicted octanol–water partition coefficient (Wildman–Crippen LogP) is 1.55. The van der Waals surface area contributed by atoms with Crippen LogP contribution in [-0.4, -0.2) is 27.6 Å². The van der Waals surface area contributed by atoms with Crippen LogP contribution in [0.25, 0.3) is 0 Å². The highest BCUT2D eigenvalue weighted by atomic mass is 16.4. The molecule has 80 valence electrons. The Bertz CT molecular complexity index is 359. The molecule has 1 aromatic heterocycles. The molecule has 0 aliphatic heterocycles. The lowest BCUT2D eigenvalue weighted by molar-refractivity contribution is 0.0690. The molecule has 0 bridgehead atoms. The Labute approximate surface area is 87.9 Å². The van der Waals surface area contributed by atoms with Crippen LogP contribution in [0, 0.1) is 0 Å². The summed E-state index contributed by atoms with van der Waals surface area (Å²) < 4.78 is 0. The van der Waals surface area contributed by atoms with E-state index in [-0.39, 0.29) is 5.69 Å². The van der Waals surface area contributed by atoms with Gasteiger partial charge in [0.1, 0.15) is 5.82 Å². The van der Waals surface area contributed by atoms with Crippen LogP contribution >= 0.6 is 0 Å². The van der Waals surface area contributed by atoms with Crippen molar-refractivity contribution in [1.29, 1.82) is 0 Å². The highest BCUT2D eigenvalue weighted by molar-refractivity contribution is 5.84. The summed E-state index contributed by atoms with van der Waals surface area (Å²) in [7, 11) is 0. The molecular formula is C10H13N3O2. The molecule has 15 heavy (non-hydrogen) atoms. The van der Waals surface area contributed by atoms with E-state index in [1.54, 1.807) is 0 Å². The Morgan fingerprint density at radius 1 is 1.53 bits per heavy atom. The molecule has 2 N–H and O–H groups in total. The normalized spacial score (nSPS) is 9.67. The largest absolute Gasteiger partial charge is 0.476 e. The summed E-state index contributed by atoms with van der Waals surface area (Å²) in [6, 6.07) is 0. The lowest BCUT2D eigenvalue weighted by Crippen LogP contribution is -2.06. The second-order valence-electron chi connectivity index (χ2n) is 3.23. The molecule has 0 spiro atoms. The molecule has 0 aromatic carbocycles. The van der Waals surface area contributed by atoms with E-state index in [1.807, 2.05) is 6.92 Å². The molecule has 0 aliphatic rings. The molecule has 1 aromatic rings. The first-order valence-corrected chi connectivity index (χ1v) is 4.53. The van der Waals surface area contributed by atoms with Gasteiger partial charge < -0.3 is 10.4 Å². The lowest BCUT2D eigenvalue weighted by Gasteiger charge is -2.04. The minimum Gasteiger partial charge on any atom is -0.476 e.